The standard InChI is InChI=1S/C23H34N6O3Si/c1-23(2,3)33(6,7)32-26-21(24-4)20-19-17(13-25-27(19)5)18-14-28(20)22(30)29(18)31-15-16-11-9-8-10-12-16/h8-13,18,20H,14-15H2,1-7H3,(H,24,26)/t18-,20-/m0/s1. The number of hydrogen-bond donors (Lipinski definition) is 1. The molecule has 0 spiro atoms. The maximum Gasteiger partial charge on any atom is 0.345 e. The van der Waals surface area contributed by atoms with Gasteiger partial charge in [-0.2, -0.15) is 10.2 Å². The Kier molecular flexibility index (Phi) is 6.00. The van der Waals surface area contributed by atoms with Crippen LogP contribution in [0.15, 0.2) is 41.7 Å². The molecule has 33 heavy (non-hydrogen) atoms. The van der Waals surface area contributed by atoms with Gasteiger partial charge in [0.25, 0.3) is 8.32 Å². The van der Waals surface area contributed by atoms with Crippen molar-refractivity contribution in [1.29, 1.82) is 0 Å². The second-order valence-corrected chi connectivity index (χ2v) is 14.8. The minimum absolute atomic E-state index is 0.0102. The van der Waals surface area contributed by atoms with E-state index in [-0.39, 0.29) is 17.1 Å². The van der Waals surface area contributed by atoms with Crippen molar-refractivity contribution < 1.29 is 14.2 Å². The molecule has 10 heteroatoms. The minimum atomic E-state index is -2.13. The van der Waals surface area contributed by atoms with Crippen molar-refractivity contribution in [3.63, 3.8) is 0 Å². The number of aromatic nitrogens is 2. The van der Waals surface area contributed by atoms with Crippen molar-refractivity contribution in [2.45, 2.75) is 57.6 Å². The average Bonchev–Trinajstić information content (AvgIpc) is 3.28. The molecule has 9 nitrogen and oxygen atoms in total. The summed E-state index contributed by atoms with van der Waals surface area (Å²) in [6, 6.07) is 8.99. The van der Waals surface area contributed by atoms with Gasteiger partial charge in [0, 0.05) is 19.7 Å². The summed E-state index contributed by atoms with van der Waals surface area (Å²) in [5.41, 5.74) is 2.88. The maximum absolute atomic E-state index is 13.5. The van der Waals surface area contributed by atoms with E-state index in [4.69, 9.17) is 9.36 Å². The van der Waals surface area contributed by atoms with Crippen LogP contribution in [-0.4, -0.2) is 53.5 Å². The lowest BCUT2D eigenvalue weighted by Crippen LogP contribution is -2.45. The van der Waals surface area contributed by atoms with Gasteiger partial charge in [0.1, 0.15) is 18.7 Å². The number of carbonyl (C=O) groups excluding carboxylic acids is 1. The lowest BCUT2D eigenvalue weighted by Gasteiger charge is -2.35. The predicted molar refractivity (Wildman–Crippen MR) is 129 cm³/mol. The summed E-state index contributed by atoms with van der Waals surface area (Å²) in [5.74, 6) is 0.585. The van der Waals surface area contributed by atoms with Crippen LogP contribution in [0, 0.1) is 0 Å². The third kappa shape index (κ3) is 4.13. The zero-order chi connectivity index (χ0) is 24.0. The number of fused-ring (bicyclic) bond motifs is 4. The minimum Gasteiger partial charge on any atom is -0.453 e. The third-order valence-electron chi connectivity index (χ3n) is 6.94. The molecule has 2 atom stereocenters. The number of urea groups is 1. The maximum atomic E-state index is 13.5. The van der Waals surface area contributed by atoms with Crippen LogP contribution in [0.4, 0.5) is 4.79 Å². The van der Waals surface area contributed by atoms with Crippen LogP contribution in [0.2, 0.25) is 18.1 Å². The Hall–Kier alpha value is -2.85. The van der Waals surface area contributed by atoms with E-state index in [0.717, 1.165) is 16.8 Å². The Morgan fingerprint density at radius 3 is 2.61 bits per heavy atom. The van der Waals surface area contributed by atoms with Gasteiger partial charge < -0.3 is 14.7 Å². The van der Waals surface area contributed by atoms with E-state index >= 15 is 0 Å². The number of amidine groups is 1. The Morgan fingerprint density at radius 1 is 1.27 bits per heavy atom. The van der Waals surface area contributed by atoms with Crippen LogP contribution in [0.3, 0.4) is 0 Å². The van der Waals surface area contributed by atoms with Gasteiger partial charge in [-0.1, -0.05) is 56.3 Å². The number of hydroxylamine groups is 2. The first-order valence-corrected chi connectivity index (χ1v) is 14.2. The zero-order valence-corrected chi connectivity index (χ0v) is 21.5. The van der Waals surface area contributed by atoms with E-state index < -0.39 is 14.4 Å². The van der Waals surface area contributed by atoms with E-state index in [0.29, 0.717) is 19.0 Å². The summed E-state index contributed by atoms with van der Waals surface area (Å²) >= 11 is 0. The first kappa shape index (κ1) is 23.3. The van der Waals surface area contributed by atoms with Gasteiger partial charge in [-0.25, -0.2) is 4.79 Å². The molecule has 3 heterocycles. The molecule has 2 aliphatic heterocycles. The molecule has 1 fully saturated rings. The molecule has 2 bridgehead atoms. The van der Waals surface area contributed by atoms with Gasteiger partial charge in [0.2, 0.25) is 0 Å². The van der Waals surface area contributed by atoms with E-state index in [2.05, 4.69) is 49.4 Å². The third-order valence-corrected chi connectivity index (χ3v) is 11.1. The van der Waals surface area contributed by atoms with Crippen LogP contribution in [0.1, 0.15) is 49.7 Å². The lowest BCUT2D eigenvalue weighted by atomic mass is 9.97. The molecule has 1 aromatic heterocycles. The first-order valence-electron chi connectivity index (χ1n) is 11.3. The summed E-state index contributed by atoms with van der Waals surface area (Å²) < 4.78 is 7.97. The van der Waals surface area contributed by atoms with Gasteiger partial charge in [-0.15, -0.1) is 0 Å². The molecule has 4 rings (SSSR count). The Bertz CT molecular complexity index is 1050. The number of rotatable bonds is 6. The van der Waals surface area contributed by atoms with E-state index in [1.807, 2.05) is 48.3 Å². The van der Waals surface area contributed by atoms with Gasteiger partial charge in [0.15, 0.2) is 5.84 Å². The molecule has 1 saturated heterocycles. The van der Waals surface area contributed by atoms with Crippen LogP contribution in [0.5, 0.6) is 0 Å². The van der Waals surface area contributed by atoms with Gasteiger partial charge in [-0.05, 0) is 23.7 Å². The van der Waals surface area contributed by atoms with Crippen LogP contribution >= 0.6 is 0 Å². The van der Waals surface area contributed by atoms with Gasteiger partial charge in [-0.3, -0.25) is 9.52 Å². The molecule has 2 amide bonds. The summed E-state index contributed by atoms with van der Waals surface area (Å²) in [5, 5.41) is 13.7. The molecular weight excluding hydrogens is 436 g/mol. The highest BCUT2D eigenvalue weighted by atomic mass is 28.4. The van der Waals surface area contributed by atoms with Gasteiger partial charge >= 0.3 is 6.03 Å². The number of oxime groups is 1. The second-order valence-electron chi connectivity index (χ2n) is 10.1. The van der Waals surface area contributed by atoms with Crippen molar-refractivity contribution in [2.75, 3.05) is 13.6 Å². The van der Waals surface area contributed by atoms with Crippen molar-refractivity contribution in [1.82, 2.24) is 25.1 Å². The molecule has 0 radical (unpaired) electrons. The quantitative estimate of drug-likeness (QED) is 0.299. The number of amides is 2. The average molecular weight is 471 g/mol. The summed E-state index contributed by atoms with van der Waals surface area (Å²) in [6.07, 6.45) is 1.82. The monoisotopic (exact) mass is 470 g/mol. The smallest absolute Gasteiger partial charge is 0.345 e. The molecule has 0 aliphatic carbocycles. The Labute approximate surface area is 196 Å². The number of nitrogens with one attached hydrogen (secondary N) is 1. The summed E-state index contributed by atoms with van der Waals surface area (Å²) in [7, 11) is 1.57. The highest BCUT2D eigenvalue weighted by Gasteiger charge is 2.52. The fourth-order valence-electron chi connectivity index (χ4n) is 3.92. The molecule has 0 saturated carbocycles. The largest absolute Gasteiger partial charge is 0.453 e. The molecule has 2 aliphatic rings. The molecule has 0 unspecified atom stereocenters. The fourth-order valence-corrected chi connectivity index (χ4v) is 4.52. The molecule has 1 N–H and O–H groups in total. The van der Waals surface area contributed by atoms with Crippen molar-refractivity contribution >= 4 is 20.2 Å². The molecule has 2 aromatic rings. The Morgan fingerprint density at radius 2 is 1.97 bits per heavy atom. The van der Waals surface area contributed by atoms with E-state index in [9.17, 15) is 4.79 Å². The van der Waals surface area contributed by atoms with Crippen LogP contribution in [-0.2, 0) is 23.0 Å². The summed E-state index contributed by atoms with van der Waals surface area (Å²) in [6.45, 7) is 11.6. The van der Waals surface area contributed by atoms with Gasteiger partial charge in [0.05, 0.1) is 18.4 Å². The van der Waals surface area contributed by atoms with Crippen LogP contribution < -0.4 is 5.32 Å². The molecule has 178 valence electrons. The van der Waals surface area contributed by atoms with Crippen molar-refractivity contribution in [3.05, 3.63) is 53.3 Å². The zero-order valence-electron chi connectivity index (χ0n) is 20.5. The highest BCUT2D eigenvalue weighted by molar-refractivity contribution is 6.74. The molecular formula is C23H34N6O3Si. The number of carbonyl (C=O) groups is 1. The SMILES string of the molecule is CN/C(=N\O[Si](C)(C)C(C)(C)C)[C@@H]1c2c(cnn2C)[C@@H]2CN1C(=O)N2OCc1ccccc1. The Balaban J connectivity index is 1.65. The van der Waals surface area contributed by atoms with Crippen LogP contribution in [0.25, 0.3) is 0 Å². The fraction of sp³-hybridized carbons (Fsp3) is 0.522. The summed E-state index contributed by atoms with van der Waals surface area (Å²) in [4.78, 5) is 21.3. The van der Waals surface area contributed by atoms with Crippen molar-refractivity contribution in [2.24, 2.45) is 12.2 Å². The lowest BCUT2D eigenvalue weighted by molar-refractivity contribution is -0.141. The first-order chi connectivity index (χ1) is 15.5. The van der Waals surface area contributed by atoms with E-state index in [1.54, 1.807) is 11.9 Å². The number of nitrogens with zero attached hydrogens (tertiary/aromatic N) is 5. The van der Waals surface area contributed by atoms with E-state index in [1.165, 1.54) is 5.06 Å². The number of benzene rings is 1. The number of likely N-dealkylation sites (N-methyl/N-ethyl adjacent to an activating group) is 1. The second kappa shape index (κ2) is 8.49. The normalized spacial score (nSPS) is 20.8. The predicted octanol–water partition coefficient (Wildman–Crippen LogP) is 3.94. The molecule has 1 aromatic carbocycles. The van der Waals surface area contributed by atoms with Crippen molar-refractivity contribution in [3.8, 4) is 0 Å². The number of hydrogen-bond acceptors (Lipinski definition) is 5. The topological polar surface area (TPSA) is 84.2 Å². The number of aryl methyl sites for hydroxylation is 1. The highest BCUT2D eigenvalue weighted by Crippen LogP contribution is 2.44.